The van der Waals surface area contributed by atoms with Gasteiger partial charge in [0.05, 0.1) is 13.2 Å². The highest BCUT2D eigenvalue weighted by Crippen LogP contribution is 2.09. The molecule has 0 aliphatic rings. The topological polar surface area (TPSA) is 35.5 Å². The first-order valence-corrected chi connectivity index (χ1v) is 12.4. The number of unbranched alkanes of at least 4 members (excludes halogenated alkanes) is 8. The molecular weight excluding hydrogens is 372 g/mol. The van der Waals surface area contributed by atoms with Crippen molar-refractivity contribution in [1.29, 1.82) is 0 Å². The van der Waals surface area contributed by atoms with Crippen LogP contribution in [0.1, 0.15) is 111 Å². The van der Waals surface area contributed by atoms with Gasteiger partial charge in [-0.25, -0.2) is 4.79 Å². The van der Waals surface area contributed by atoms with E-state index in [-0.39, 0.29) is 0 Å². The molecule has 0 saturated carbocycles. The fourth-order valence-electron chi connectivity index (χ4n) is 3.08. The highest BCUT2D eigenvalue weighted by atomic mass is 16.7. The van der Waals surface area contributed by atoms with Gasteiger partial charge >= 0.3 is 6.16 Å². The predicted octanol–water partition coefficient (Wildman–Crippen LogP) is 8.95. The lowest BCUT2D eigenvalue weighted by molar-refractivity contribution is 0.0528. The molecular formula is C27H48O3. The molecule has 174 valence electrons. The van der Waals surface area contributed by atoms with Gasteiger partial charge in [0.2, 0.25) is 0 Å². The minimum absolute atomic E-state index is 0.483. The maximum absolute atomic E-state index is 11.5. The standard InChI is InChI=1S/C27H48O3/c1-4-5-6-7-8-9-10-11-12-13-14-15-16-17-18-21-24-29-27(28)30-25-22-19-20-23-26(2)3/h5-6,8-9,11-12,26H,4,7,10,13-25H2,1-3H3. The minimum Gasteiger partial charge on any atom is -0.434 e. The van der Waals surface area contributed by atoms with Crippen molar-refractivity contribution in [2.75, 3.05) is 13.2 Å². The zero-order chi connectivity index (χ0) is 22.1. The lowest BCUT2D eigenvalue weighted by Crippen LogP contribution is -2.09. The Labute approximate surface area is 187 Å². The maximum atomic E-state index is 11.5. The summed E-state index contributed by atoms with van der Waals surface area (Å²) in [6.45, 7) is 7.60. The van der Waals surface area contributed by atoms with Crippen LogP contribution >= 0.6 is 0 Å². The van der Waals surface area contributed by atoms with Crippen LogP contribution in [0, 0.1) is 5.92 Å². The summed E-state index contributed by atoms with van der Waals surface area (Å²) in [5.74, 6) is 0.753. The second-order valence-corrected chi connectivity index (χ2v) is 8.39. The SMILES string of the molecule is CCC=CCC=CCC=CCCCCCCCCOC(=O)OCCCCCC(C)C. The molecule has 0 aliphatic carbocycles. The summed E-state index contributed by atoms with van der Waals surface area (Å²) in [5.41, 5.74) is 0. The highest BCUT2D eigenvalue weighted by molar-refractivity contribution is 5.59. The van der Waals surface area contributed by atoms with Gasteiger partial charge in [-0.3, -0.25) is 0 Å². The molecule has 0 N–H and O–H groups in total. The molecule has 0 aromatic carbocycles. The molecule has 0 bridgehead atoms. The third-order valence-electron chi connectivity index (χ3n) is 4.91. The molecule has 0 amide bonds. The van der Waals surface area contributed by atoms with Crippen molar-refractivity contribution in [3.05, 3.63) is 36.5 Å². The molecule has 0 heterocycles. The van der Waals surface area contributed by atoms with E-state index in [2.05, 4.69) is 57.2 Å². The Morgan fingerprint density at radius 1 is 0.667 bits per heavy atom. The van der Waals surface area contributed by atoms with Gasteiger partial charge in [0.1, 0.15) is 0 Å². The van der Waals surface area contributed by atoms with Crippen molar-refractivity contribution < 1.29 is 14.3 Å². The van der Waals surface area contributed by atoms with E-state index in [1.54, 1.807) is 0 Å². The molecule has 0 atom stereocenters. The summed E-state index contributed by atoms with van der Waals surface area (Å²) >= 11 is 0. The van der Waals surface area contributed by atoms with Gasteiger partial charge < -0.3 is 9.47 Å². The number of rotatable bonds is 20. The first kappa shape index (κ1) is 28.5. The summed E-state index contributed by atoms with van der Waals surface area (Å²) in [7, 11) is 0. The molecule has 0 unspecified atom stereocenters. The highest BCUT2D eigenvalue weighted by Gasteiger charge is 2.03. The van der Waals surface area contributed by atoms with Crippen LogP contribution in [-0.2, 0) is 9.47 Å². The monoisotopic (exact) mass is 420 g/mol. The van der Waals surface area contributed by atoms with E-state index in [0.717, 1.165) is 50.9 Å². The van der Waals surface area contributed by atoms with Gasteiger partial charge in [0.25, 0.3) is 0 Å². The Kier molecular flexibility index (Phi) is 22.6. The zero-order valence-corrected chi connectivity index (χ0v) is 20.1. The lowest BCUT2D eigenvalue weighted by atomic mass is 10.1. The zero-order valence-electron chi connectivity index (χ0n) is 20.1. The first-order valence-electron chi connectivity index (χ1n) is 12.4. The van der Waals surface area contributed by atoms with E-state index >= 15 is 0 Å². The van der Waals surface area contributed by atoms with Crippen molar-refractivity contribution in [1.82, 2.24) is 0 Å². The molecule has 0 rings (SSSR count). The largest absolute Gasteiger partial charge is 0.508 e. The summed E-state index contributed by atoms with van der Waals surface area (Å²) < 4.78 is 10.2. The van der Waals surface area contributed by atoms with Crippen molar-refractivity contribution in [3.63, 3.8) is 0 Å². The van der Waals surface area contributed by atoms with E-state index in [1.807, 2.05) is 0 Å². The molecule has 3 nitrogen and oxygen atoms in total. The Balaban J connectivity index is 3.27. The van der Waals surface area contributed by atoms with Crippen LogP contribution in [0.15, 0.2) is 36.5 Å². The first-order chi connectivity index (χ1) is 14.7. The van der Waals surface area contributed by atoms with Crippen molar-refractivity contribution in [2.45, 2.75) is 111 Å². The number of hydrogen-bond donors (Lipinski definition) is 0. The molecule has 0 spiro atoms. The Hall–Kier alpha value is -1.51. The second-order valence-electron chi connectivity index (χ2n) is 8.39. The van der Waals surface area contributed by atoms with Crippen molar-refractivity contribution in [2.24, 2.45) is 5.92 Å². The van der Waals surface area contributed by atoms with Crippen LogP contribution in [0.4, 0.5) is 4.79 Å². The second kappa shape index (κ2) is 23.8. The van der Waals surface area contributed by atoms with E-state index in [9.17, 15) is 4.79 Å². The fraction of sp³-hybridized carbons (Fsp3) is 0.741. The van der Waals surface area contributed by atoms with Crippen LogP contribution in [0.25, 0.3) is 0 Å². The summed E-state index contributed by atoms with van der Waals surface area (Å²) in [4.78, 5) is 11.5. The van der Waals surface area contributed by atoms with Gasteiger partial charge in [0, 0.05) is 0 Å². The van der Waals surface area contributed by atoms with E-state index in [4.69, 9.17) is 9.47 Å². The Morgan fingerprint density at radius 3 is 1.77 bits per heavy atom. The smallest absolute Gasteiger partial charge is 0.434 e. The maximum Gasteiger partial charge on any atom is 0.508 e. The third kappa shape index (κ3) is 24.5. The third-order valence-corrected chi connectivity index (χ3v) is 4.91. The van der Waals surface area contributed by atoms with Crippen LogP contribution in [0.2, 0.25) is 0 Å². The summed E-state index contributed by atoms with van der Waals surface area (Å²) in [5, 5.41) is 0. The number of carbonyl (C=O) groups excluding carboxylic acids is 1. The molecule has 0 saturated heterocycles. The van der Waals surface area contributed by atoms with E-state index in [1.165, 1.54) is 44.9 Å². The van der Waals surface area contributed by atoms with Crippen molar-refractivity contribution >= 4 is 6.16 Å². The van der Waals surface area contributed by atoms with E-state index < -0.39 is 6.16 Å². The van der Waals surface area contributed by atoms with E-state index in [0.29, 0.717) is 13.2 Å². The number of allylic oxidation sites excluding steroid dienone is 6. The average molecular weight is 421 g/mol. The van der Waals surface area contributed by atoms with Gasteiger partial charge in [-0.1, -0.05) is 102 Å². The number of carbonyl (C=O) groups is 1. The lowest BCUT2D eigenvalue weighted by Gasteiger charge is -2.07. The predicted molar refractivity (Wildman–Crippen MR) is 130 cm³/mol. The molecule has 0 aromatic heterocycles. The number of hydrogen-bond acceptors (Lipinski definition) is 3. The normalized spacial score (nSPS) is 12.0. The van der Waals surface area contributed by atoms with Gasteiger partial charge in [-0.15, -0.1) is 0 Å². The van der Waals surface area contributed by atoms with Gasteiger partial charge in [0.15, 0.2) is 0 Å². The Bertz CT molecular complexity index is 449. The van der Waals surface area contributed by atoms with Crippen LogP contribution < -0.4 is 0 Å². The van der Waals surface area contributed by atoms with Crippen molar-refractivity contribution in [3.8, 4) is 0 Å². The van der Waals surface area contributed by atoms with Crippen LogP contribution in [0.5, 0.6) is 0 Å². The fourth-order valence-corrected chi connectivity index (χ4v) is 3.08. The van der Waals surface area contributed by atoms with Crippen LogP contribution in [-0.4, -0.2) is 19.4 Å². The minimum atomic E-state index is -0.502. The van der Waals surface area contributed by atoms with Crippen LogP contribution in [0.3, 0.4) is 0 Å². The molecule has 0 radical (unpaired) electrons. The summed E-state index contributed by atoms with van der Waals surface area (Å²) in [6, 6.07) is 0. The molecule has 0 fully saturated rings. The average Bonchev–Trinajstić information content (AvgIpc) is 2.72. The Morgan fingerprint density at radius 2 is 1.17 bits per heavy atom. The van der Waals surface area contributed by atoms with Gasteiger partial charge in [-0.2, -0.15) is 0 Å². The molecule has 0 aromatic rings. The quantitative estimate of drug-likeness (QED) is 0.112. The molecule has 3 heteroatoms. The molecule has 30 heavy (non-hydrogen) atoms. The number of ether oxygens (including phenoxy) is 2. The van der Waals surface area contributed by atoms with Gasteiger partial charge in [-0.05, 0) is 50.9 Å². The molecule has 0 aliphatic heterocycles. The summed E-state index contributed by atoms with van der Waals surface area (Å²) in [6.07, 6.45) is 28.9.